The van der Waals surface area contributed by atoms with Crippen molar-refractivity contribution < 1.29 is 4.42 Å². The van der Waals surface area contributed by atoms with E-state index in [1.165, 1.54) is 0 Å². The molecule has 0 saturated heterocycles. The SMILES string of the molecule is Clc1ccc([C@@H](c2cc3ccccc3o2)n2ccnc2)cc1. The topological polar surface area (TPSA) is 31.0 Å². The molecule has 0 aliphatic heterocycles. The molecule has 4 heteroatoms. The first kappa shape index (κ1) is 13.2. The van der Waals surface area contributed by atoms with Crippen molar-refractivity contribution in [2.75, 3.05) is 0 Å². The molecular weight excluding hydrogens is 296 g/mol. The zero-order chi connectivity index (χ0) is 14.9. The van der Waals surface area contributed by atoms with Crippen LogP contribution in [0.25, 0.3) is 11.0 Å². The summed E-state index contributed by atoms with van der Waals surface area (Å²) in [6, 6.07) is 17.8. The van der Waals surface area contributed by atoms with Gasteiger partial charge in [0.25, 0.3) is 0 Å². The van der Waals surface area contributed by atoms with Crippen molar-refractivity contribution in [3.63, 3.8) is 0 Å². The molecule has 0 fully saturated rings. The summed E-state index contributed by atoms with van der Waals surface area (Å²) in [5, 5.41) is 1.81. The number of para-hydroxylation sites is 1. The van der Waals surface area contributed by atoms with E-state index in [0.29, 0.717) is 0 Å². The quantitative estimate of drug-likeness (QED) is 0.538. The molecule has 2 aromatic carbocycles. The molecule has 22 heavy (non-hydrogen) atoms. The molecule has 108 valence electrons. The largest absolute Gasteiger partial charge is 0.458 e. The predicted molar refractivity (Wildman–Crippen MR) is 87.1 cm³/mol. The summed E-state index contributed by atoms with van der Waals surface area (Å²) in [6.45, 7) is 0. The number of furan rings is 1. The molecule has 4 aromatic rings. The molecule has 4 rings (SSSR count). The number of halogens is 1. The Kier molecular flexibility index (Phi) is 3.20. The van der Waals surface area contributed by atoms with E-state index in [9.17, 15) is 0 Å². The summed E-state index contributed by atoms with van der Waals surface area (Å²) >= 11 is 6.01. The third-order valence-electron chi connectivity index (χ3n) is 3.72. The Hall–Kier alpha value is -2.52. The van der Waals surface area contributed by atoms with Crippen molar-refractivity contribution in [2.24, 2.45) is 0 Å². The van der Waals surface area contributed by atoms with E-state index in [2.05, 4.69) is 17.1 Å². The molecule has 3 nitrogen and oxygen atoms in total. The fourth-order valence-corrected chi connectivity index (χ4v) is 2.81. The number of rotatable bonds is 3. The number of imidazole rings is 1. The van der Waals surface area contributed by atoms with E-state index < -0.39 is 0 Å². The van der Waals surface area contributed by atoms with Crippen molar-refractivity contribution in [3.05, 3.63) is 89.7 Å². The molecule has 2 aromatic heterocycles. The van der Waals surface area contributed by atoms with Gasteiger partial charge in [0.05, 0.1) is 6.33 Å². The lowest BCUT2D eigenvalue weighted by Gasteiger charge is -2.16. The van der Waals surface area contributed by atoms with E-state index in [1.807, 2.05) is 53.2 Å². The van der Waals surface area contributed by atoms with Crippen LogP contribution in [0.2, 0.25) is 5.02 Å². The highest BCUT2D eigenvalue weighted by atomic mass is 35.5. The third-order valence-corrected chi connectivity index (χ3v) is 3.97. The third kappa shape index (κ3) is 2.30. The van der Waals surface area contributed by atoms with Gasteiger partial charge in [0.1, 0.15) is 17.4 Å². The molecule has 0 amide bonds. The van der Waals surface area contributed by atoms with Crippen LogP contribution in [0, 0.1) is 0 Å². The van der Waals surface area contributed by atoms with Gasteiger partial charge in [-0.1, -0.05) is 41.9 Å². The molecule has 0 saturated carbocycles. The number of hydrogen-bond donors (Lipinski definition) is 0. The van der Waals surface area contributed by atoms with Crippen LogP contribution in [-0.4, -0.2) is 9.55 Å². The average Bonchev–Trinajstić information content (AvgIpc) is 3.19. The minimum absolute atomic E-state index is 0.0628. The number of nitrogens with zero attached hydrogens (tertiary/aromatic N) is 2. The summed E-state index contributed by atoms with van der Waals surface area (Å²) in [5.41, 5.74) is 1.98. The van der Waals surface area contributed by atoms with Gasteiger partial charge < -0.3 is 8.98 Å². The first-order valence-electron chi connectivity index (χ1n) is 7.02. The molecule has 0 aliphatic carbocycles. The highest BCUT2D eigenvalue weighted by Crippen LogP contribution is 2.31. The van der Waals surface area contributed by atoms with Crippen LogP contribution in [0.1, 0.15) is 17.4 Å². The molecule has 0 spiro atoms. The van der Waals surface area contributed by atoms with Gasteiger partial charge in [0, 0.05) is 22.8 Å². The van der Waals surface area contributed by atoms with Gasteiger partial charge in [0.15, 0.2) is 0 Å². The number of fused-ring (bicyclic) bond motifs is 1. The van der Waals surface area contributed by atoms with E-state index in [-0.39, 0.29) is 6.04 Å². The van der Waals surface area contributed by atoms with E-state index >= 15 is 0 Å². The van der Waals surface area contributed by atoms with Crippen molar-refractivity contribution in [3.8, 4) is 0 Å². The first-order chi connectivity index (χ1) is 10.8. The second-order valence-corrected chi connectivity index (χ2v) is 5.59. The maximum absolute atomic E-state index is 6.06. The van der Waals surface area contributed by atoms with E-state index in [4.69, 9.17) is 16.0 Å². The van der Waals surface area contributed by atoms with Crippen molar-refractivity contribution >= 4 is 22.6 Å². The second-order valence-electron chi connectivity index (χ2n) is 5.15. The van der Waals surface area contributed by atoms with Crippen LogP contribution < -0.4 is 0 Å². The molecule has 0 aliphatic rings. The molecule has 2 heterocycles. The van der Waals surface area contributed by atoms with Gasteiger partial charge in [0.2, 0.25) is 0 Å². The zero-order valence-corrected chi connectivity index (χ0v) is 12.4. The lowest BCUT2D eigenvalue weighted by Crippen LogP contribution is -2.09. The fraction of sp³-hybridized carbons (Fsp3) is 0.0556. The summed E-state index contributed by atoms with van der Waals surface area (Å²) in [5.74, 6) is 0.876. The number of aromatic nitrogens is 2. The molecule has 0 radical (unpaired) electrons. The average molecular weight is 309 g/mol. The highest BCUT2D eigenvalue weighted by molar-refractivity contribution is 6.30. The molecule has 0 unspecified atom stereocenters. The summed E-state index contributed by atoms with van der Waals surface area (Å²) in [6.07, 6.45) is 5.50. The Bertz CT molecular complexity index is 861. The zero-order valence-electron chi connectivity index (χ0n) is 11.7. The normalized spacial score (nSPS) is 12.6. The van der Waals surface area contributed by atoms with Crippen LogP contribution in [0.5, 0.6) is 0 Å². The van der Waals surface area contributed by atoms with Crippen LogP contribution in [0.15, 0.2) is 77.7 Å². The molecule has 0 N–H and O–H groups in total. The van der Waals surface area contributed by atoms with Gasteiger partial charge in [-0.2, -0.15) is 0 Å². The lowest BCUT2D eigenvalue weighted by atomic mass is 10.0. The first-order valence-corrected chi connectivity index (χ1v) is 7.40. The van der Waals surface area contributed by atoms with Crippen LogP contribution >= 0.6 is 11.6 Å². The summed E-state index contributed by atoms with van der Waals surface area (Å²) in [7, 11) is 0. The fourth-order valence-electron chi connectivity index (χ4n) is 2.69. The van der Waals surface area contributed by atoms with Gasteiger partial charge >= 0.3 is 0 Å². The summed E-state index contributed by atoms with van der Waals surface area (Å²) < 4.78 is 8.09. The monoisotopic (exact) mass is 308 g/mol. The Morgan fingerprint density at radius 2 is 1.86 bits per heavy atom. The Morgan fingerprint density at radius 1 is 1.05 bits per heavy atom. The summed E-state index contributed by atoms with van der Waals surface area (Å²) in [4.78, 5) is 4.16. The molecular formula is C18H13ClN2O. The second kappa shape index (κ2) is 5.35. The lowest BCUT2D eigenvalue weighted by molar-refractivity contribution is 0.488. The highest BCUT2D eigenvalue weighted by Gasteiger charge is 2.20. The van der Waals surface area contributed by atoms with Gasteiger partial charge in [-0.3, -0.25) is 0 Å². The van der Waals surface area contributed by atoms with Gasteiger partial charge in [-0.05, 0) is 29.8 Å². The number of hydrogen-bond acceptors (Lipinski definition) is 2. The Morgan fingerprint density at radius 3 is 2.59 bits per heavy atom. The van der Waals surface area contributed by atoms with Crippen LogP contribution in [0.4, 0.5) is 0 Å². The number of benzene rings is 2. The maximum atomic E-state index is 6.06. The molecule has 1 atom stereocenters. The standard InChI is InChI=1S/C18H13ClN2O/c19-15-7-5-13(6-8-15)18(21-10-9-20-12-21)17-11-14-3-1-2-4-16(14)22-17/h1-12,18H/t18-/m0/s1. The van der Waals surface area contributed by atoms with Gasteiger partial charge in [-0.25, -0.2) is 4.98 Å². The minimum Gasteiger partial charge on any atom is -0.458 e. The molecule has 0 bridgehead atoms. The minimum atomic E-state index is -0.0628. The van der Waals surface area contributed by atoms with Crippen molar-refractivity contribution in [2.45, 2.75) is 6.04 Å². The van der Waals surface area contributed by atoms with Crippen LogP contribution in [-0.2, 0) is 0 Å². The van der Waals surface area contributed by atoms with E-state index in [0.717, 1.165) is 27.3 Å². The van der Waals surface area contributed by atoms with E-state index in [1.54, 1.807) is 12.5 Å². The maximum Gasteiger partial charge on any atom is 0.134 e. The van der Waals surface area contributed by atoms with Crippen molar-refractivity contribution in [1.82, 2.24) is 9.55 Å². The Labute approximate surface area is 132 Å². The Balaban J connectivity index is 1.88. The smallest absolute Gasteiger partial charge is 0.134 e. The van der Waals surface area contributed by atoms with Crippen molar-refractivity contribution in [1.29, 1.82) is 0 Å². The predicted octanol–water partition coefficient (Wildman–Crippen LogP) is 4.92. The van der Waals surface area contributed by atoms with Gasteiger partial charge in [-0.15, -0.1) is 0 Å². The van der Waals surface area contributed by atoms with Crippen LogP contribution in [0.3, 0.4) is 0 Å².